The Hall–Kier alpha value is -0.260. The van der Waals surface area contributed by atoms with E-state index in [1.54, 1.807) is 0 Å². The predicted octanol–water partition coefficient (Wildman–Crippen LogP) is 0.244. The lowest BCUT2D eigenvalue weighted by molar-refractivity contribution is 0.595. The average molecular weight is 240 g/mol. The maximum Gasteiger partial charge on any atom is 0.116 e. The van der Waals surface area contributed by atoms with Crippen LogP contribution in [0.25, 0.3) is 0 Å². The van der Waals surface area contributed by atoms with Crippen molar-refractivity contribution in [3.05, 3.63) is 11.4 Å². The quantitative estimate of drug-likeness (QED) is 0.301. The Balaban J connectivity index is 2.91. The average Bonchev–Trinajstić information content (AvgIpc) is 1.85. The van der Waals surface area contributed by atoms with E-state index >= 15 is 0 Å². The third-order valence-electron chi connectivity index (χ3n) is 1.34. The fourth-order valence-corrected chi connectivity index (χ4v) is 1.68. The van der Waals surface area contributed by atoms with Crippen LogP contribution in [0.2, 0.25) is 0 Å². The number of nitrogens with one attached hydrogen (secondary N) is 3. The zero-order valence-corrected chi connectivity index (χ0v) is 7.96. The van der Waals surface area contributed by atoms with E-state index < -0.39 is 0 Å². The summed E-state index contributed by atoms with van der Waals surface area (Å²) < 4.78 is 0.203. The molecule has 1 heterocycles. The molecule has 5 N–H and O–H groups in total. The van der Waals surface area contributed by atoms with Crippen molar-refractivity contribution in [3.63, 3.8) is 0 Å². The molecule has 1 aliphatic heterocycles. The van der Waals surface area contributed by atoms with Crippen molar-refractivity contribution < 1.29 is 0 Å². The molecule has 1 rings (SSSR count). The van der Waals surface area contributed by atoms with Gasteiger partial charge in [0, 0.05) is 0 Å². The number of alkyl halides is 1. The first kappa shape index (κ1) is 8.83. The predicted molar refractivity (Wildman–Crippen MR) is 48.6 cm³/mol. The summed E-state index contributed by atoms with van der Waals surface area (Å²) in [6.45, 7) is 0.532. The van der Waals surface area contributed by atoms with Crippen LogP contribution in [-0.4, -0.2) is 16.8 Å². The molecule has 0 aromatic carbocycles. The van der Waals surface area contributed by atoms with Gasteiger partial charge in [0.15, 0.2) is 0 Å². The van der Waals surface area contributed by atoms with Gasteiger partial charge in [0.1, 0.15) is 15.9 Å². The van der Waals surface area contributed by atoms with Gasteiger partial charge < -0.3 is 11.1 Å². The summed E-state index contributed by atoms with van der Waals surface area (Å²) in [6, 6.07) is 0. The third-order valence-corrected chi connectivity index (χ3v) is 2.14. The van der Waals surface area contributed by atoms with E-state index in [0.717, 1.165) is 0 Å². The lowest BCUT2D eigenvalue weighted by Crippen LogP contribution is -2.45. The van der Waals surface area contributed by atoms with Crippen molar-refractivity contribution >= 4 is 32.2 Å². The van der Waals surface area contributed by atoms with E-state index in [9.17, 15) is 0 Å². The number of rotatable bonds is 1. The van der Waals surface area contributed by atoms with Crippen LogP contribution in [-0.2, 0) is 0 Å². The summed E-state index contributed by atoms with van der Waals surface area (Å²) in [4.78, 5) is 0. The lowest BCUT2D eigenvalue weighted by Gasteiger charge is -2.23. The Labute approximate surface area is 77.8 Å². The van der Waals surface area contributed by atoms with Crippen LogP contribution in [0, 0.1) is 5.41 Å². The van der Waals surface area contributed by atoms with E-state index in [1.807, 2.05) is 0 Å². The van der Waals surface area contributed by atoms with Crippen LogP contribution in [0.5, 0.6) is 0 Å². The largest absolute Gasteiger partial charge is 0.385 e. The van der Waals surface area contributed by atoms with Gasteiger partial charge in [-0.05, 0) is 15.9 Å². The van der Waals surface area contributed by atoms with Crippen LogP contribution in [0.4, 0.5) is 0 Å². The molecule has 4 nitrogen and oxygen atoms in total. The molecule has 0 aliphatic carbocycles. The zero-order chi connectivity index (χ0) is 8.43. The van der Waals surface area contributed by atoms with Crippen LogP contribution < -0.4 is 16.4 Å². The highest BCUT2D eigenvalue weighted by Gasteiger charge is 2.20. The van der Waals surface area contributed by atoms with E-state index in [-0.39, 0.29) is 10.1 Å². The van der Waals surface area contributed by atoms with Crippen molar-refractivity contribution in [1.82, 2.24) is 10.6 Å². The summed E-state index contributed by atoms with van der Waals surface area (Å²) in [5.41, 5.74) is 5.71. The first-order valence-electron chi connectivity index (χ1n) is 2.98. The maximum atomic E-state index is 7.26. The van der Waals surface area contributed by atoms with Crippen molar-refractivity contribution in [3.8, 4) is 0 Å². The Morgan fingerprint density at radius 3 is 2.82 bits per heavy atom. The van der Waals surface area contributed by atoms with Crippen LogP contribution >= 0.6 is 27.5 Å². The summed E-state index contributed by atoms with van der Waals surface area (Å²) >= 11 is 8.81. The molecule has 0 saturated heterocycles. The maximum absolute atomic E-state index is 7.26. The highest BCUT2D eigenvalue weighted by atomic mass is 79.9. The van der Waals surface area contributed by atoms with E-state index in [4.69, 9.17) is 22.7 Å². The summed E-state index contributed by atoms with van der Waals surface area (Å²) in [5.74, 6) is 0.450. The first-order chi connectivity index (χ1) is 5.13. The molecular formula is C5H8BrClN4. The molecule has 0 aromatic rings. The number of halogens is 2. The normalized spacial score (nSPS) is 24.7. The van der Waals surface area contributed by atoms with Crippen molar-refractivity contribution in [2.75, 3.05) is 6.67 Å². The van der Waals surface area contributed by atoms with Gasteiger partial charge in [-0.3, -0.25) is 10.7 Å². The molecule has 6 heteroatoms. The molecule has 1 unspecified atom stereocenters. The van der Waals surface area contributed by atoms with Gasteiger partial charge in [0.25, 0.3) is 0 Å². The molecule has 0 fully saturated rings. The molecule has 1 atom stereocenters. The van der Waals surface area contributed by atoms with Crippen LogP contribution in [0.3, 0.4) is 0 Å². The molecule has 0 bridgehead atoms. The smallest absolute Gasteiger partial charge is 0.116 e. The summed E-state index contributed by atoms with van der Waals surface area (Å²) in [7, 11) is 0. The highest BCUT2D eigenvalue weighted by molar-refractivity contribution is 9.18. The number of nitrogens with two attached hydrogens (primary N) is 1. The number of hydrogen-bond acceptors (Lipinski definition) is 4. The molecule has 11 heavy (non-hydrogen) atoms. The summed E-state index contributed by atoms with van der Waals surface area (Å²) in [5, 5.41) is 13.0. The minimum atomic E-state index is -0.386. The fraction of sp³-hybridized carbons (Fsp3) is 0.400. The highest BCUT2D eigenvalue weighted by Crippen LogP contribution is 2.15. The molecule has 0 amide bonds. The molecule has 0 saturated carbocycles. The second-order valence-electron chi connectivity index (χ2n) is 2.06. The van der Waals surface area contributed by atoms with Gasteiger partial charge in [-0.25, -0.2) is 0 Å². The van der Waals surface area contributed by atoms with E-state index in [0.29, 0.717) is 18.1 Å². The van der Waals surface area contributed by atoms with Crippen LogP contribution in [0.15, 0.2) is 11.4 Å². The minimum Gasteiger partial charge on any atom is -0.385 e. The topological polar surface area (TPSA) is 73.9 Å². The van der Waals surface area contributed by atoms with Crippen molar-refractivity contribution in [1.29, 1.82) is 5.41 Å². The molecular weight excluding hydrogens is 231 g/mol. The Morgan fingerprint density at radius 2 is 2.45 bits per heavy atom. The molecule has 0 aromatic heterocycles. The van der Waals surface area contributed by atoms with Gasteiger partial charge in [-0.2, -0.15) is 0 Å². The van der Waals surface area contributed by atoms with Gasteiger partial charge >= 0.3 is 0 Å². The fourth-order valence-electron chi connectivity index (χ4n) is 0.799. The molecule has 1 aliphatic rings. The monoisotopic (exact) mass is 238 g/mol. The van der Waals surface area contributed by atoms with Gasteiger partial charge in [-0.15, -0.1) is 11.6 Å². The van der Waals surface area contributed by atoms with Gasteiger partial charge in [0.05, 0.1) is 12.2 Å². The van der Waals surface area contributed by atoms with Crippen molar-refractivity contribution in [2.24, 2.45) is 5.73 Å². The first-order valence-corrected chi connectivity index (χ1v) is 4.21. The Bertz CT molecular complexity index is 215. The van der Waals surface area contributed by atoms with Gasteiger partial charge in [-0.1, -0.05) is 0 Å². The molecule has 0 radical (unpaired) electrons. The van der Waals surface area contributed by atoms with Gasteiger partial charge in [0.2, 0.25) is 0 Å². The van der Waals surface area contributed by atoms with E-state index in [2.05, 4.69) is 26.6 Å². The lowest BCUT2D eigenvalue weighted by atomic mass is 10.2. The second-order valence-corrected chi connectivity index (χ2v) is 3.29. The molecule has 62 valence electrons. The zero-order valence-electron chi connectivity index (χ0n) is 5.62. The van der Waals surface area contributed by atoms with E-state index in [1.165, 1.54) is 0 Å². The third kappa shape index (κ3) is 1.85. The van der Waals surface area contributed by atoms with Crippen molar-refractivity contribution in [2.45, 2.75) is 5.50 Å². The Kier molecular flexibility index (Phi) is 2.75. The minimum absolute atomic E-state index is 0.203. The molecule has 0 spiro atoms. The Morgan fingerprint density at radius 1 is 1.82 bits per heavy atom. The second kappa shape index (κ2) is 3.42. The van der Waals surface area contributed by atoms with Crippen LogP contribution in [0.1, 0.15) is 0 Å². The summed E-state index contributed by atoms with van der Waals surface area (Å²) in [6.07, 6.45) is 0. The SMILES string of the molecule is N=C(Br)C1=C(N)NCNC1Cl. The standard InChI is InChI=1S/C5H8BrClN4/c6-3(8)2-4(7)10-1-11-5(2)9/h4,8,10-11H,1,9H2. The number of hydrogen-bond donors (Lipinski definition) is 4.